The first kappa shape index (κ1) is 13.7. The molecule has 0 heterocycles. The summed E-state index contributed by atoms with van der Waals surface area (Å²) in [6.07, 6.45) is 1.76. The van der Waals surface area contributed by atoms with Crippen LogP contribution in [0.5, 0.6) is 0 Å². The van der Waals surface area contributed by atoms with Crippen molar-refractivity contribution in [2.75, 3.05) is 0 Å². The molecule has 0 spiro atoms. The lowest BCUT2D eigenvalue weighted by Crippen LogP contribution is -1.95. The molecular weight excluding hydrogens is 353 g/mol. The third kappa shape index (κ3) is 3.41. The molecule has 0 fully saturated rings. The van der Waals surface area contributed by atoms with Crippen LogP contribution in [-0.4, -0.2) is 17.3 Å². The number of aryl methyl sites for hydroxylation is 1. The lowest BCUT2D eigenvalue weighted by molar-refractivity contribution is 0.0697. The van der Waals surface area contributed by atoms with Crippen molar-refractivity contribution < 1.29 is 9.90 Å². The molecule has 19 heavy (non-hydrogen) atoms. The lowest BCUT2D eigenvalue weighted by Gasteiger charge is -2.02. The van der Waals surface area contributed by atoms with Gasteiger partial charge in [-0.15, -0.1) is 0 Å². The Morgan fingerprint density at radius 3 is 2.68 bits per heavy atom. The minimum atomic E-state index is -0.939. The highest BCUT2D eigenvalue weighted by atomic mass is 127. The van der Waals surface area contributed by atoms with Gasteiger partial charge < -0.3 is 5.11 Å². The summed E-state index contributed by atoms with van der Waals surface area (Å²) in [6, 6.07) is 12.8. The quantitative estimate of drug-likeness (QED) is 0.659. The summed E-state index contributed by atoms with van der Waals surface area (Å²) in [6.45, 7) is 1.91. The lowest BCUT2D eigenvalue weighted by atomic mass is 10.1. The van der Waals surface area contributed by atoms with Crippen LogP contribution >= 0.6 is 22.6 Å². The molecule has 0 unspecified atom stereocenters. The van der Waals surface area contributed by atoms with Crippen molar-refractivity contribution in [3.8, 4) is 0 Å². The number of carboxylic acids is 1. The Kier molecular flexibility index (Phi) is 4.31. The first-order valence-corrected chi connectivity index (χ1v) is 6.78. The fourth-order valence-electron chi connectivity index (χ4n) is 1.60. The van der Waals surface area contributed by atoms with E-state index in [1.54, 1.807) is 24.4 Å². The summed E-state index contributed by atoms with van der Waals surface area (Å²) in [5.41, 5.74) is 2.90. The van der Waals surface area contributed by atoms with Crippen LogP contribution in [-0.2, 0) is 0 Å². The van der Waals surface area contributed by atoms with Crippen LogP contribution in [0.25, 0.3) is 0 Å². The molecule has 0 bridgehead atoms. The number of benzene rings is 2. The molecule has 1 N–H and O–H groups in total. The van der Waals surface area contributed by atoms with Gasteiger partial charge in [-0.25, -0.2) is 4.79 Å². The summed E-state index contributed by atoms with van der Waals surface area (Å²) < 4.78 is 1.11. The molecule has 2 aromatic rings. The number of hydrogen-bond donors (Lipinski definition) is 1. The van der Waals surface area contributed by atoms with Crippen molar-refractivity contribution in [3.05, 3.63) is 62.7 Å². The molecule has 0 saturated heterocycles. The highest BCUT2D eigenvalue weighted by molar-refractivity contribution is 14.1. The van der Waals surface area contributed by atoms with E-state index in [0.29, 0.717) is 5.69 Å². The smallest absolute Gasteiger partial charge is 0.335 e. The SMILES string of the molecule is Cc1ccc(C(=O)O)cc1N=Cc1ccccc1I. The van der Waals surface area contributed by atoms with Crippen LogP contribution in [0.4, 0.5) is 5.69 Å². The van der Waals surface area contributed by atoms with E-state index in [2.05, 4.69) is 27.6 Å². The Morgan fingerprint density at radius 2 is 2.00 bits per heavy atom. The summed E-state index contributed by atoms with van der Waals surface area (Å²) >= 11 is 2.24. The van der Waals surface area contributed by atoms with Gasteiger partial charge in [-0.2, -0.15) is 0 Å². The van der Waals surface area contributed by atoms with E-state index in [0.717, 1.165) is 14.7 Å². The summed E-state index contributed by atoms with van der Waals surface area (Å²) in [7, 11) is 0. The monoisotopic (exact) mass is 365 g/mol. The van der Waals surface area contributed by atoms with Crippen molar-refractivity contribution in [3.63, 3.8) is 0 Å². The van der Waals surface area contributed by atoms with Crippen LogP contribution in [0, 0.1) is 10.5 Å². The normalized spacial score (nSPS) is 10.8. The zero-order valence-corrected chi connectivity index (χ0v) is 12.5. The molecule has 0 aliphatic heterocycles. The minimum Gasteiger partial charge on any atom is -0.478 e. The molecule has 2 rings (SSSR count). The zero-order chi connectivity index (χ0) is 13.8. The third-order valence-corrected chi connectivity index (χ3v) is 3.69. The number of carboxylic acid groups (broad SMARTS) is 1. The van der Waals surface area contributed by atoms with Gasteiger partial charge in [-0.1, -0.05) is 24.3 Å². The highest BCUT2D eigenvalue weighted by Gasteiger charge is 2.05. The molecule has 3 nitrogen and oxygen atoms in total. The maximum atomic E-state index is 10.9. The van der Waals surface area contributed by atoms with Gasteiger partial charge in [0.25, 0.3) is 0 Å². The number of aliphatic imine (C=N–C) groups is 1. The number of carbonyl (C=O) groups is 1. The van der Waals surface area contributed by atoms with Crippen LogP contribution < -0.4 is 0 Å². The van der Waals surface area contributed by atoms with Gasteiger partial charge in [0, 0.05) is 15.3 Å². The first-order chi connectivity index (χ1) is 9.08. The maximum Gasteiger partial charge on any atom is 0.335 e. The molecular formula is C15H12INO2. The first-order valence-electron chi connectivity index (χ1n) is 5.70. The van der Waals surface area contributed by atoms with E-state index < -0.39 is 5.97 Å². The van der Waals surface area contributed by atoms with E-state index in [1.165, 1.54) is 0 Å². The molecule has 0 amide bonds. The second-order valence-corrected chi connectivity index (χ2v) is 5.25. The Hall–Kier alpha value is -1.69. The maximum absolute atomic E-state index is 10.9. The molecule has 0 saturated carbocycles. The van der Waals surface area contributed by atoms with Crippen LogP contribution in [0.15, 0.2) is 47.5 Å². The minimum absolute atomic E-state index is 0.250. The predicted molar refractivity (Wildman–Crippen MR) is 84.6 cm³/mol. The number of hydrogen-bond acceptors (Lipinski definition) is 2. The number of aromatic carboxylic acids is 1. The third-order valence-electron chi connectivity index (χ3n) is 2.70. The summed E-state index contributed by atoms with van der Waals surface area (Å²) in [5.74, 6) is -0.939. The molecule has 0 radical (unpaired) electrons. The average molecular weight is 365 g/mol. The van der Waals surface area contributed by atoms with Crippen LogP contribution in [0.3, 0.4) is 0 Å². The molecule has 96 valence electrons. The topological polar surface area (TPSA) is 49.7 Å². The fraction of sp³-hybridized carbons (Fsp3) is 0.0667. The van der Waals surface area contributed by atoms with E-state index in [4.69, 9.17) is 5.11 Å². The molecule has 0 atom stereocenters. The van der Waals surface area contributed by atoms with E-state index in [1.807, 2.05) is 31.2 Å². The molecule has 0 aromatic heterocycles. The van der Waals surface area contributed by atoms with E-state index in [9.17, 15) is 4.79 Å². The summed E-state index contributed by atoms with van der Waals surface area (Å²) in [4.78, 5) is 15.3. The van der Waals surface area contributed by atoms with Crippen LogP contribution in [0.2, 0.25) is 0 Å². The second kappa shape index (κ2) is 5.97. The van der Waals surface area contributed by atoms with Gasteiger partial charge in [0.2, 0.25) is 0 Å². The Bertz CT molecular complexity index is 650. The van der Waals surface area contributed by atoms with Gasteiger partial charge in [-0.3, -0.25) is 4.99 Å². The second-order valence-electron chi connectivity index (χ2n) is 4.09. The highest BCUT2D eigenvalue weighted by Crippen LogP contribution is 2.21. The van der Waals surface area contributed by atoms with Crippen molar-refractivity contribution in [1.82, 2.24) is 0 Å². The largest absolute Gasteiger partial charge is 0.478 e. The fourth-order valence-corrected chi connectivity index (χ4v) is 2.13. The number of halogens is 1. The van der Waals surface area contributed by atoms with Gasteiger partial charge in [0.1, 0.15) is 0 Å². The van der Waals surface area contributed by atoms with Gasteiger partial charge >= 0.3 is 5.97 Å². The zero-order valence-electron chi connectivity index (χ0n) is 10.3. The predicted octanol–water partition coefficient (Wildman–Crippen LogP) is 4.05. The Labute approximate surface area is 125 Å². The van der Waals surface area contributed by atoms with Gasteiger partial charge in [0.05, 0.1) is 11.3 Å². The standard InChI is InChI=1S/C15H12INO2/c1-10-6-7-11(15(18)19)8-14(10)17-9-12-4-2-3-5-13(12)16/h2-9H,1H3,(H,18,19). The summed E-state index contributed by atoms with van der Waals surface area (Å²) in [5, 5.41) is 8.98. The molecule has 4 heteroatoms. The molecule has 0 aliphatic rings. The van der Waals surface area contributed by atoms with Crippen LogP contribution in [0.1, 0.15) is 21.5 Å². The average Bonchev–Trinajstić information content (AvgIpc) is 2.39. The Balaban J connectivity index is 2.35. The van der Waals surface area contributed by atoms with Crippen molar-refractivity contribution in [2.24, 2.45) is 4.99 Å². The van der Waals surface area contributed by atoms with Crippen molar-refractivity contribution >= 4 is 40.5 Å². The van der Waals surface area contributed by atoms with Crippen molar-refractivity contribution in [1.29, 1.82) is 0 Å². The van der Waals surface area contributed by atoms with Gasteiger partial charge in [0.15, 0.2) is 0 Å². The molecule has 2 aromatic carbocycles. The van der Waals surface area contributed by atoms with E-state index in [-0.39, 0.29) is 5.56 Å². The van der Waals surface area contributed by atoms with Crippen molar-refractivity contribution in [2.45, 2.75) is 6.92 Å². The van der Waals surface area contributed by atoms with E-state index >= 15 is 0 Å². The number of nitrogens with zero attached hydrogens (tertiary/aromatic N) is 1. The Morgan fingerprint density at radius 1 is 1.26 bits per heavy atom. The molecule has 0 aliphatic carbocycles. The number of rotatable bonds is 3. The van der Waals surface area contributed by atoms with Gasteiger partial charge in [-0.05, 0) is 53.3 Å².